The van der Waals surface area contributed by atoms with Gasteiger partial charge in [0, 0.05) is 10.5 Å². The third-order valence-electron chi connectivity index (χ3n) is 7.14. The number of sulfonamides is 1. The molecule has 1 saturated carbocycles. The predicted molar refractivity (Wildman–Crippen MR) is 162 cm³/mol. The van der Waals surface area contributed by atoms with Gasteiger partial charge in [0.1, 0.15) is 24.0 Å². The van der Waals surface area contributed by atoms with E-state index in [4.69, 9.17) is 17.3 Å². The first kappa shape index (κ1) is 30.5. The molecule has 3 aromatic carbocycles. The number of nitrogens with one attached hydrogen (secondary N) is 1. The molecular formula is C28H22BrClF4N6O3S. The van der Waals surface area contributed by atoms with Crippen LogP contribution in [0.15, 0.2) is 57.8 Å². The fourth-order valence-corrected chi connectivity index (χ4v) is 7.03. The summed E-state index contributed by atoms with van der Waals surface area (Å²) in [7, 11) is -3.88. The number of hydrogen-bond donors (Lipinski definition) is 2. The van der Waals surface area contributed by atoms with Gasteiger partial charge < -0.3 is 5.73 Å². The highest BCUT2D eigenvalue weighted by Crippen LogP contribution is 2.38. The van der Waals surface area contributed by atoms with Gasteiger partial charge in [0.05, 0.1) is 43.8 Å². The highest BCUT2D eigenvalue weighted by Gasteiger charge is 2.37. The van der Waals surface area contributed by atoms with Crippen LogP contribution in [0.1, 0.15) is 30.3 Å². The van der Waals surface area contributed by atoms with Crippen LogP contribution in [0.2, 0.25) is 5.02 Å². The van der Waals surface area contributed by atoms with E-state index in [1.807, 2.05) is 0 Å². The zero-order valence-electron chi connectivity index (χ0n) is 22.4. The maximum Gasteiger partial charge on any atom is 0.266 e. The number of anilines is 1. The summed E-state index contributed by atoms with van der Waals surface area (Å²) < 4.78 is 86.2. The molecule has 1 atom stereocenters. The van der Waals surface area contributed by atoms with Crippen LogP contribution in [0.3, 0.4) is 0 Å². The molecule has 44 heavy (non-hydrogen) atoms. The molecule has 0 spiro atoms. The number of rotatable bonds is 9. The molecule has 1 fully saturated rings. The van der Waals surface area contributed by atoms with Gasteiger partial charge in [-0.15, -0.1) is 0 Å². The Bertz CT molecular complexity index is 2100. The van der Waals surface area contributed by atoms with Gasteiger partial charge in [-0.1, -0.05) is 27.5 Å². The number of aromatic nitrogens is 4. The van der Waals surface area contributed by atoms with Crippen LogP contribution in [0.25, 0.3) is 27.5 Å². The van der Waals surface area contributed by atoms with Crippen LogP contribution in [-0.4, -0.2) is 39.4 Å². The van der Waals surface area contributed by atoms with Gasteiger partial charge >= 0.3 is 0 Å². The summed E-state index contributed by atoms with van der Waals surface area (Å²) in [6.07, 6.45) is -2.19. The Hall–Kier alpha value is -3.53. The van der Waals surface area contributed by atoms with Gasteiger partial charge in [-0.05, 0) is 67.3 Å². The predicted octanol–water partition coefficient (Wildman–Crippen LogP) is 5.84. The average molecular weight is 714 g/mol. The lowest BCUT2D eigenvalue weighted by molar-refractivity contribution is 0.123. The molecule has 0 bridgehead atoms. The molecule has 1 unspecified atom stereocenters. The molecule has 230 valence electrons. The minimum atomic E-state index is -3.88. The minimum Gasteiger partial charge on any atom is -0.321 e. The van der Waals surface area contributed by atoms with Gasteiger partial charge in [-0.2, -0.15) is 5.10 Å². The van der Waals surface area contributed by atoms with E-state index in [2.05, 4.69) is 30.7 Å². The fraction of sp³-hybridized carbons (Fsp3) is 0.250. The molecule has 0 saturated heterocycles. The van der Waals surface area contributed by atoms with E-state index < -0.39 is 51.5 Å². The van der Waals surface area contributed by atoms with Gasteiger partial charge in [-0.3, -0.25) is 18.8 Å². The Morgan fingerprint density at radius 2 is 1.80 bits per heavy atom. The number of nitrogens with zero attached hydrogens (tertiary/aromatic N) is 4. The van der Waals surface area contributed by atoms with Crippen molar-refractivity contribution in [2.24, 2.45) is 5.73 Å². The summed E-state index contributed by atoms with van der Waals surface area (Å²) >= 11 is 9.86. The molecule has 2 aromatic heterocycles. The first-order valence-electron chi connectivity index (χ1n) is 13.2. The molecule has 3 N–H and O–H groups in total. The van der Waals surface area contributed by atoms with Crippen LogP contribution in [0.5, 0.6) is 0 Å². The molecule has 5 aromatic rings. The van der Waals surface area contributed by atoms with Crippen LogP contribution in [0, 0.1) is 11.6 Å². The molecule has 16 heteroatoms. The molecule has 6 rings (SSSR count). The largest absolute Gasteiger partial charge is 0.321 e. The lowest BCUT2D eigenvalue weighted by Gasteiger charge is -2.20. The SMILES string of the molecule is NC(Cc1cc(F)cc(F)c1)c1nc2cc(Br)ccc2c(=O)n1-c1ccc(Cl)c2c(NS(=O)(=O)C3CC3)nn(CC(F)F)c12. The fourth-order valence-electron chi connectivity index (χ4n) is 5.11. The van der Waals surface area contributed by atoms with Crippen molar-refractivity contribution in [3.63, 3.8) is 0 Å². The van der Waals surface area contributed by atoms with Crippen molar-refractivity contribution in [1.82, 2.24) is 19.3 Å². The van der Waals surface area contributed by atoms with Gasteiger partial charge in [-0.25, -0.2) is 31.0 Å². The first-order valence-corrected chi connectivity index (χ1v) is 16.0. The molecule has 0 aliphatic heterocycles. The van der Waals surface area contributed by atoms with Crippen LogP contribution in [-0.2, 0) is 23.0 Å². The highest BCUT2D eigenvalue weighted by molar-refractivity contribution is 9.10. The first-order chi connectivity index (χ1) is 20.8. The van der Waals surface area contributed by atoms with E-state index >= 15 is 0 Å². The van der Waals surface area contributed by atoms with Crippen molar-refractivity contribution in [3.05, 3.63) is 91.4 Å². The minimum absolute atomic E-state index is 0.00684. The van der Waals surface area contributed by atoms with Crippen molar-refractivity contribution in [3.8, 4) is 5.69 Å². The van der Waals surface area contributed by atoms with Crippen LogP contribution < -0.4 is 16.0 Å². The molecule has 9 nitrogen and oxygen atoms in total. The monoisotopic (exact) mass is 712 g/mol. The van der Waals surface area contributed by atoms with Crippen molar-refractivity contribution in [1.29, 1.82) is 0 Å². The van der Waals surface area contributed by atoms with Crippen molar-refractivity contribution >= 4 is 65.2 Å². The Morgan fingerprint density at radius 1 is 1.09 bits per heavy atom. The summed E-state index contributed by atoms with van der Waals surface area (Å²) in [6.45, 7) is -0.957. The number of nitrogens with two attached hydrogens (primary N) is 1. The summed E-state index contributed by atoms with van der Waals surface area (Å²) in [4.78, 5) is 18.8. The zero-order valence-corrected chi connectivity index (χ0v) is 25.6. The second-order valence-corrected chi connectivity index (χ2v) is 13.7. The quantitative estimate of drug-likeness (QED) is 0.185. The lowest BCUT2D eigenvalue weighted by atomic mass is 10.0. The number of fused-ring (bicyclic) bond motifs is 2. The average Bonchev–Trinajstić information content (AvgIpc) is 3.73. The maximum atomic E-state index is 14.1. The lowest BCUT2D eigenvalue weighted by Crippen LogP contribution is -2.30. The van der Waals surface area contributed by atoms with Crippen molar-refractivity contribution in [2.45, 2.75) is 43.5 Å². The van der Waals surface area contributed by atoms with E-state index in [1.54, 1.807) is 12.1 Å². The van der Waals surface area contributed by atoms with E-state index in [0.29, 0.717) is 23.4 Å². The van der Waals surface area contributed by atoms with Crippen LogP contribution in [0.4, 0.5) is 23.4 Å². The van der Waals surface area contributed by atoms with E-state index in [0.717, 1.165) is 21.4 Å². The van der Waals surface area contributed by atoms with Crippen molar-refractivity contribution in [2.75, 3.05) is 4.72 Å². The molecule has 1 aliphatic carbocycles. The summed E-state index contributed by atoms with van der Waals surface area (Å²) in [5, 5.41) is 3.62. The van der Waals surface area contributed by atoms with E-state index in [9.17, 15) is 30.8 Å². The van der Waals surface area contributed by atoms with Gasteiger partial charge in [0.15, 0.2) is 5.82 Å². The normalized spacial score (nSPS) is 14.5. The summed E-state index contributed by atoms with van der Waals surface area (Å²) in [5.41, 5.74) is 6.27. The van der Waals surface area contributed by atoms with E-state index in [1.165, 1.54) is 18.2 Å². The van der Waals surface area contributed by atoms with Crippen LogP contribution >= 0.6 is 27.5 Å². The zero-order chi connectivity index (χ0) is 31.5. The van der Waals surface area contributed by atoms with E-state index in [-0.39, 0.29) is 56.1 Å². The Kier molecular flexibility index (Phi) is 7.93. The molecule has 0 amide bonds. The molecule has 1 aliphatic rings. The maximum absolute atomic E-state index is 14.1. The third-order valence-corrected chi connectivity index (χ3v) is 9.78. The number of hydrogen-bond acceptors (Lipinski definition) is 6. The molecule has 2 heterocycles. The van der Waals surface area contributed by atoms with Gasteiger partial charge in [0.2, 0.25) is 10.0 Å². The topological polar surface area (TPSA) is 125 Å². The summed E-state index contributed by atoms with van der Waals surface area (Å²) in [5.74, 6) is -1.97. The second kappa shape index (κ2) is 11.4. The standard InChI is InChI=1S/C28H22BrClF4N6O3S/c29-14-1-4-18-21(10-14)36-27(20(35)9-13-7-15(31)11-16(32)8-13)40(28(18)41)22-6-5-19(30)24-25(22)39(12-23(33)34)37-26(24)38-44(42,43)17-2-3-17/h1,4-8,10-11,17,20,23H,2-3,9,12,35H2,(H,37,38). The summed E-state index contributed by atoms with van der Waals surface area (Å²) in [6, 6.07) is 9.26. The number of benzene rings is 3. The Balaban J connectivity index is 1.63. The van der Waals surface area contributed by atoms with Gasteiger partial charge in [0.25, 0.3) is 12.0 Å². The Morgan fingerprint density at radius 3 is 2.45 bits per heavy atom. The molecule has 0 radical (unpaired) electrons. The Labute approximate surface area is 260 Å². The number of halogens is 6. The molecular weight excluding hydrogens is 692 g/mol. The number of alkyl halides is 2. The third kappa shape index (κ3) is 5.80. The highest BCUT2D eigenvalue weighted by atomic mass is 79.9. The second-order valence-electron chi connectivity index (χ2n) is 10.4. The smallest absolute Gasteiger partial charge is 0.266 e. The van der Waals surface area contributed by atoms with Crippen molar-refractivity contribution < 1.29 is 26.0 Å².